The number of carbonyl (C=O) groups excluding carboxylic acids is 2. The van der Waals surface area contributed by atoms with Gasteiger partial charge in [-0.05, 0) is 30.7 Å². The minimum Gasteiger partial charge on any atom is -0.507 e. The zero-order valence-corrected chi connectivity index (χ0v) is 14.7. The van der Waals surface area contributed by atoms with Crippen LogP contribution in [0.25, 0.3) is 11.0 Å². The van der Waals surface area contributed by atoms with Crippen LogP contribution in [0.4, 0.5) is 0 Å². The highest BCUT2D eigenvalue weighted by molar-refractivity contribution is 6.12. The summed E-state index contributed by atoms with van der Waals surface area (Å²) >= 11 is 0. The van der Waals surface area contributed by atoms with Crippen molar-refractivity contribution in [3.05, 3.63) is 59.4 Å². The van der Waals surface area contributed by atoms with Crippen molar-refractivity contribution in [2.45, 2.75) is 19.8 Å². The molecule has 3 rings (SSSR count). The molecule has 7 heteroatoms. The van der Waals surface area contributed by atoms with Crippen LogP contribution >= 0.6 is 0 Å². The van der Waals surface area contributed by atoms with E-state index in [4.69, 9.17) is 4.74 Å². The summed E-state index contributed by atoms with van der Waals surface area (Å²) in [5, 5.41) is 20.3. The Hall–Kier alpha value is -3.48. The van der Waals surface area contributed by atoms with Gasteiger partial charge in [0.1, 0.15) is 22.8 Å². The Labute approximate surface area is 155 Å². The van der Waals surface area contributed by atoms with E-state index in [0.29, 0.717) is 17.5 Å². The Kier molecular flexibility index (Phi) is 5.30. The number of benzene rings is 2. The third kappa shape index (κ3) is 3.72. The first-order valence-electron chi connectivity index (χ1n) is 8.51. The Morgan fingerprint density at radius 1 is 1.07 bits per heavy atom. The number of hydrogen-bond acceptors (Lipinski definition) is 7. The lowest BCUT2D eigenvalue weighted by Crippen LogP contribution is -2.11. The Bertz CT molecular complexity index is 1020. The molecule has 0 spiro atoms. The molecule has 3 aromatic rings. The van der Waals surface area contributed by atoms with Crippen LogP contribution in [0.15, 0.2) is 42.6 Å². The zero-order valence-electron chi connectivity index (χ0n) is 14.7. The molecule has 1 aromatic heterocycles. The van der Waals surface area contributed by atoms with E-state index in [-0.39, 0.29) is 17.9 Å². The molecule has 0 bridgehead atoms. The quantitative estimate of drug-likeness (QED) is 0.391. The van der Waals surface area contributed by atoms with Crippen molar-refractivity contribution in [3.63, 3.8) is 0 Å². The molecule has 1 heterocycles. The predicted molar refractivity (Wildman–Crippen MR) is 97.9 cm³/mol. The fourth-order valence-corrected chi connectivity index (χ4v) is 2.55. The van der Waals surface area contributed by atoms with Crippen LogP contribution in [-0.2, 0) is 4.74 Å². The number of ketones is 1. The van der Waals surface area contributed by atoms with Gasteiger partial charge in [-0.1, -0.05) is 25.5 Å². The topological polar surface area (TPSA) is 110 Å². The van der Waals surface area contributed by atoms with E-state index < -0.39 is 28.8 Å². The molecule has 138 valence electrons. The first-order chi connectivity index (χ1) is 13.0. The number of esters is 1. The number of unbranched alkanes of at least 4 members (excludes halogenated alkanes) is 1. The molecule has 0 aliphatic heterocycles. The van der Waals surface area contributed by atoms with Gasteiger partial charge in [0.05, 0.1) is 29.4 Å². The lowest BCUT2D eigenvalue weighted by Gasteiger charge is -2.11. The van der Waals surface area contributed by atoms with Crippen molar-refractivity contribution in [3.8, 4) is 11.5 Å². The molecule has 0 aliphatic carbocycles. The van der Waals surface area contributed by atoms with E-state index in [1.165, 1.54) is 12.3 Å². The molecule has 0 amide bonds. The normalized spacial score (nSPS) is 10.7. The molecule has 2 aromatic carbocycles. The number of ether oxygens (including phenoxy) is 1. The first-order valence-corrected chi connectivity index (χ1v) is 8.51. The highest BCUT2D eigenvalue weighted by Crippen LogP contribution is 2.32. The van der Waals surface area contributed by atoms with E-state index in [9.17, 15) is 19.8 Å². The molecule has 27 heavy (non-hydrogen) atoms. The van der Waals surface area contributed by atoms with Gasteiger partial charge >= 0.3 is 5.97 Å². The van der Waals surface area contributed by atoms with Gasteiger partial charge in [0, 0.05) is 0 Å². The zero-order chi connectivity index (χ0) is 19.4. The predicted octanol–water partition coefficient (Wildman–Crippen LogP) is 3.23. The minimum atomic E-state index is -0.891. The van der Waals surface area contributed by atoms with Crippen LogP contribution in [0.1, 0.15) is 46.2 Å². The maximum atomic E-state index is 12.8. The number of aromatic nitrogens is 2. The Balaban J connectivity index is 1.96. The van der Waals surface area contributed by atoms with Crippen LogP contribution in [0, 0.1) is 0 Å². The molecular formula is C20H18N2O5. The van der Waals surface area contributed by atoms with Crippen LogP contribution in [0.2, 0.25) is 0 Å². The molecule has 0 saturated heterocycles. The lowest BCUT2D eigenvalue weighted by atomic mass is 10.0. The summed E-state index contributed by atoms with van der Waals surface area (Å²) in [6.07, 6.45) is 2.78. The SMILES string of the molecule is CCCCOC(=O)c1c(O)ccc(C(=O)c2cnc3ccccc3n2)c1O. The van der Waals surface area contributed by atoms with E-state index in [1.54, 1.807) is 24.3 Å². The number of para-hydroxylation sites is 2. The van der Waals surface area contributed by atoms with Crippen molar-refractivity contribution in [1.29, 1.82) is 0 Å². The van der Waals surface area contributed by atoms with Gasteiger partial charge in [-0.15, -0.1) is 0 Å². The molecule has 0 aliphatic rings. The average Bonchev–Trinajstić information content (AvgIpc) is 2.67. The minimum absolute atomic E-state index is 0.0139. The van der Waals surface area contributed by atoms with E-state index >= 15 is 0 Å². The van der Waals surface area contributed by atoms with Crippen molar-refractivity contribution >= 4 is 22.8 Å². The number of phenols is 2. The largest absolute Gasteiger partial charge is 0.507 e. The van der Waals surface area contributed by atoms with Crippen molar-refractivity contribution in [2.24, 2.45) is 0 Å². The molecule has 0 atom stereocenters. The summed E-state index contributed by atoms with van der Waals surface area (Å²) in [6.45, 7) is 2.09. The maximum Gasteiger partial charge on any atom is 0.345 e. The molecule has 2 N–H and O–H groups in total. The molecule has 0 radical (unpaired) electrons. The monoisotopic (exact) mass is 366 g/mol. The molecule has 7 nitrogen and oxygen atoms in total. The highest BCUT2D eigenvalue weighted by atomic mass is 16.5. The van der Waals surface area contributed by atoms with Crippen molar-refractivity contribution in [2.75, 3.05) is 6.61 Å². The van der Waals surface area contributed by atoms with Crippen LogP contribution in [0.3, 0.4) is 0 Å². The summed E-state index contributed by atoms with van der Waals surface area (Å²) in [4.78, 5) is 33.4. The second-order valence-electron chi connectivity index (χ2n) is 5.92. The number of aromatic hydroxyl groups is 2. The smallest absolute Gasteiger partial charge is 0.345 e. The van der Waals surface area contributed by atoms with Crippen LogP contribution in [0.5, 0.6) is 11.5 Å². The summed E-state index contributed by atoms with van der Waals surface area (Å²) in [6, 6.07) is 9.45. The first kappa shape index (κ1) is 18.3. The molecule has 0 saturated carbocycles. The molecule has 0 unspecified atom stereocenters. The van der Waals surface area contributed by atoms with Crippen LogP contribution < -0.4 is 0 Å². The summed E-state index contributed by atoms with van der Waals surface area (Å²) < 4.78 is 5.03. The number of hydrogen-bond donors (Lipinski definition) is 2. The fraction of sp³-hybridized carbons (Fsp3) is 0.200. The van der Waals surface area contributed by atoms with Gasteiger partial charge in [-0.3, -0.25) is 9.78 Å². The van der Waals surface area contributed by atoms with Gasteiger partial charge in [0.15, 0.2) is 0 Å². The number of fused-ring (bicyclic) bond motifs is 1. The van der Waals surface area contributed by atoms with E-state index in [2.05, 4.69) is 9.97 Å². The third-order valence-electron chi connectivity index (χ3n) is 4.02. The standard InChI is InChI=1S/C20H18N2O5/c1-2-3-10-27-20(26)17-16(23)9-8-12(19(17)25)18(24)15-11-21-13-6-4-5-7-14(13)22-15/h4-9,11,23,25H,2-3,10H2,1H3. The highest BCUT2D eigenvalue weighted by Gasteiger charge is 2.25. The Morgan fingerprint density at radius 3 is 2.56 bits per heavy atom. The van der Waals surface area contributed by atoms with Gasteiger partial charge in [0.25, 0.3) is 0 Å². The van der Waals surface area contributed by atoms with Gasteiger partial charge in [-0.2, -0.15) is 0 Å². The second-order valence-corrected chi connectivity index (χ2v) is 5.92. The summed E-state index contributed by atoms with van der Waals surface area (Å²) in [5.74, 6) is -2.61. The Morgan fingerprint density at radius 2 is 1.81 bits per heavy atom. The summed E-state index contributed by atoms with van der Waals surface area (Å²) in [5.41, 5.74) is 0.565. The number of rotatable bonds is 6. The van der Waals surface area contributed by atoms with E-state index in [1.807, 2.05) is 6.92 Å². The fourth-order valence-electron chi connectivity index (χ4n) is 2.55. The maximum absolute atomic E-state index is 12.8. The molecular weight excluding hydrogens is 348 g/mol. The number of nitrogens with zero attached hydrogens (tertiary/aromatic N) is 2. The number of carbonyl (C=O) groups is 2. The van der Waals surface area contributed by atoms with Crippen molar-refractivity contribution < 1.29 is 24.5 Å². The average molecular weight is 366 g/mol. The third-order valence-corrected chi connectivity index (χ3v) is 4.02. The van der Waals surface area contributed by atoms with Crippen molar-refractivity contribution in [1.82, 2.24) is 9.97 Å². The lowest BCUT2D eigenvalue weighted by molar-refractivity contribution is 0.0493. The number of phenolic OH excluding ortho intramolecular Hbond substituents is 2. The van der Waals surface area contributed by atoms with Gasteiger partial charge < -0.3 is 14.9 Å². The van der Waals surface area contributed by atoms with Gasteiger partial charge in [0.2, 0.25) is 5.78 Å². The summed E-state index contributed by atoms with van der Waals surface area (Å²) in [7, 11) is 0. The second kappa shape index (κ2) is 7.82. The van der Waals surface area contributed by atoms with E-state index in [0.717, 1.165) is 12.5 Å². The molecule has 0 fully saturated rings. The van der Waals surface area contributed by atoms with Crippen LogP contribution in [-0.4, -0.2) is 38.5 Å². The van der Waals surface area contributed by atoms with Gasteiger partial charge in [-0.25, -0.2) is 9.78 Å².